The number of aliphatic hydroxyl groups excluding tert-OH is 6. The van der Waals surface area contributed by atoms with Gasteiger partial charge in [0.05, 0.1) is 38.6 Å². The molecule has 0 aromatic carbocycles. The van der Waals surface area contributed by atoms with E-state index in [9.17, 15) is 20.4 Å². The van der Waals surface area contributed by atoms with Crippen molar-refractivity contribution in [2.75, 3.05) is 39.6 Å². The second-order valence-corrected chi connectivity index (χ2v) is 6.46. The van der Waals surface area contributed by atoms with Gasteiger partial charge in [0.1, 0.15) is 0 Å². The van der Waals surface area contributed by atoms with Crippen molar-refractivity contribution in [3.8, 4) is 0 Å². The van der Waals surface area contributed by atoms with Crippen LogP contribution in [0, 0.1) is 10.8 Å². The quantitative estimate of drug-likeness (QED) is 0.206. The van der Waals surface area contributed by atoms with E-state index < -0.39 is 23.0 Å². The Hall–Kier alpha value is -0.800. The molecule has 0 amide bonds. The molecule has 25 heavy (non-hydrogen) atoms. The Bertz CT molecular complexity index is 330. The van der Waals surface area contributed by atoms with Gasteiger partial charge in [-0.25, -0.2) is 0 Å². The van der Waals surface area contributed by atoms with Crippen LogP contribution in [0.1, 0.15) is 25.7 Å². The summed E-state index contributed by atoms with van der Waals surface area (Å²) >= 11 is 0. The number of hydrogen-bond acceptors (Lipinski definition) is 7. The van der Waals surface area contributed by atoms with Crippen molar-refractivity contribution in [3.63, 3.8) is 0 Å². The standard InChI is InChI=1S/C18H34O7/c1-3-15(17(11-21,12-22)7-5-9-19)25-16(4-2)18(13-23,14-24)8-6-10-20/h3-4,15-16,19-24H,1-2,5-14H2. The molecule has 0 heterocycles. The molecule has 0 bridgehead atoms. The van der Waals surface area contributed by atoms with Gasteiger partial charge in [-0.1, -0.05) is 12.2 Å². The van der Waals surface area contributed by atoms with Crippen LogP contribution < -0.4 is 0 Å². The minimum Gasteiger partial charge on any atom is -0.396 e. The normalized spacial score (nSPS) is 15.0. The first-order valence-electron chi connectivity index (χ1n) is 8.55. The topological polar surface area (TPSA) is 131 Å². The summed E-state index contributed by atoms with van der Waals surface area (Å²) in [6.45, 7) is 5.69. The third-order valence-corrected chi connectivity index (χ3v) is 4.85. The van der Waals surface area contributed by atoms with Gasteiger partial charge < -0.3 is 35.4 Å². The Balaban J connectivity index is 5.56. The summed E-state index contributed by atoms with van der Waals surface area (Å²) in [6.07, 6.45) is 2.66. The van der Waals surface area contributed by atoms with Crippen molar-refractivity contribution in [3.05, 3.63) is 25.3 Å². The molecular formula is C18H34O7. The minimum atomic E-state index is -1.06. The molecule has 0 aromatic rings. The molecule has 0 saturated heterocycles. The van der Waals surface area contributed by atoms with E-state index in [4.69, 9.17) is 14.9 Å². The Morgan fingerprint density at radius 3 is 1.20 bits per heavy atom. The van der Waals surface area contributed by atoms with E-state index in [1.54, 1.807) is 0 Å². The number of ether oxygens (including phenoxy) is 1. The lowest BCUT2D eigenvalue weighted by molar-refractivity contribution is -0.141. The first-order valence-corrected chi connectivity index (χ1v) is 8.55. The Kier molecular flexibility index (Phi) is 12.1. The lowest BCUT2D eigenvalue weighted by Crippen LogP contribution is -2.49. The molecule has 0 aliphatic carbocycles. The summed E-state index contributed by atoms with van der Waals surface area (Å²) in [5, 5.41) is 57.4. The molecule has 0 rings (SSSR count). The maximum atomic E-state index is 9.82. The Morgan fingerprint density at radius 1 is 0.680 bits per heavy atom. The van der Waals surface area contributed by atoms with Gasteiger partial charge in [-0.3, -0.25) is 0 Å². The van der Waals surface area contributed by atoms with Crippen molar-refractivity contribution in [2.24, 2.45) is 10.8 Å². The smallest absolute Gasteiger partial charge is 0.0861 e. The van der Waals surface area contributed by atoms with Crippen LogP contribution in [0.5, 0.6) is 0 Å². The van der Waals surface area contributed by atoms with Gasteiger partial charge in [0.25, 0.3) is 0 Å². The van der Waals surface area contributed by atoms with Crippen LogP contribution in [-0.4, -0.2) is 82.5 Å². The van der Waals surface area contributed by atoms with Crippen molar-refractivity contribution in [1.29, 1.82) is 0 Å². The molecule has 0 spiro atoms. The predicted molar refractivity (Wildman–Crippen MR) is 94.9 cm³/mol. The highest BCUT2D eigenvalue weighted by Crippen LogP contribution is 2.36. The fraction of sp³-hybridized carbons (Fsp3) is 0.778. The van der Waals surface area contributed by atoms with Crippen LogP contribution in [0.2, 0.25) is 0 Å². The summed E-state index contributed by atoms with van der Waals surface area (Å²) in [5.74, 6) is 0. The maximum absolute atomic E-state index is 9.82. The first-order chi connectivity index (χ1) is 12.0. The summed E-state index contributed by atoms with van der Waals surface area (Å²) in [4.78, 5) is 0. The summed E-state index contributed by atoms with van der Waals surface area (Å²) in [6, 6.07) is 0. The maximum Gasteiger partial charge on any atom is 0.0861 e. The Labute approximate surface area is 149 Å². The molecule has 7 nitrogen and oxygen atoms in total. The van der Waals surface area contributed by atoms with Gasteiger partial charge >= 0.3 is 0 Å². The van der Waals surface area contributed by atoms with E-state index in [1.807, 2.05) is 0 Å². The number of hydrogen-bond donors (Lipinski definition) is 6. The van der Waals surface area contributed by atoms with E-state index in [1.165, 1.54) is 12.2 Å². The number of aliphatic hydroxyl groups is 6. The Morgan fingerprint density at radius 2 is 1.00 bits per heavy atom. The molecule has 148 valence electrons. The molecule has 2 unspecified atom stereocenters. The zero-order valence-electron chi connectivity index (χ0n) is 14.9. The second kappa shape index (κ2) is 12.5. The number of rotatable bonds is 16. The SMILES string of the molecule is C=CC(OC(C=C)C(CO)(CO)CCCO)C(CO)(CO)CCCO. The van der Waals surface area contributed by atoms with Crippen molar-refractivity contribution in [1.82, 2.24) is 0 Å². The van der Waals surface area contributed by atoms with E-state index in [-0.39, 0.29) is 39.6 Å². The van der Waals surface area contributed by atoms with Crippen molar-refractivity contribution in [2.45, 2.75) is 37.9 Å². The third kappa shape index (κ3) is 6.14. The lowest BCUT2D eigenvalue weighted by Gasteiger charge is -2.42. The van der Waals surface area contributed by atoms with Crippen molar-refractivity contribution < 1.29 is 35.4 Å². The monoisotopic (exact) mass is 362 g/mol. The van der Waals surface area contributed by atoms with Crippen LogP contribution in [0.15, 0.2) is 25.3 Å². The molecule has 6 N–H and O–H groups in total. The lowest BCUT2D eigenvalue weighted by atomic mass is 9.76. The van der Waals surface area contributed by atoms with Gasteiger partial charge in [-0.2, -0.15) is 0 Å². The molecule has 0 saturated carbocycles. The molecule has 0 aliphatic heterocycles. The van der Waals surface area contributed by atoms with Gasteiger partial charge in [0.15, 0.2) is 0 Å². The predicted octanol–water partition coefficient (Wildman–Crippen LogP) is -0.401. The first kappa shape index (κ1) is 24.2. The molecule has 7 heteroatoms. The molecule has 0 aromatic heterocycles. The van der Waals surface area contributed by atoms with Crippen molar-refractivity contribution >= 4 is 0 Å². The van der Waals surface area contributed by atoms with Crippen LogP contribution in [0.4, 0.5) is 0 Å². The fourth-order valence-corrected chi connectivity index (χ4v) is 2.98. The average Bonchev–Trinajstić information content (AvgIpc) is 2.67. The highest BCUT2D eigenvalue weighted by atomic mass is 16.5. The summed E-state index contributed by atoms with van der Waals surface area (Å²) < 4.78 is 6.00. The zero-order chi connectivity index (χ0) is 19.3. The van der Waals surface area contributed by atoms with E-state index in [0.717, 1.165) is 0 Å². The van der Waals surface area contributed by atoms with E-state index in [0.29, 0.717) is 25.7 Å². The largest absolute Gasteiger partial charge is 0.396 e. The van der Waals surface area contributed by atoms with Crippen LogP contribution in [0.25, 0.3) is 0 Å². The van der Waals surface area contributed by atoms with Crippen LogP contribution in [0.3, 0.4) is 0 Å². The fourth-order valence-electron chi connectivity index (χ4n) is 2.98. The molecule has 0 aliphatic rings. The van der Waals surface area contributed by atoms with Gasteiger partial charge in [-0.15, -0.1) is 13.2 Å². The minimum absolute atomic E-state index is 0.0930. The van der Waals surface area contributed by atoms with E-state index >= 15 is 0 Å². The highest BCUT2D eigenvalue weighted by Gasteiger charge is 2.43. The van der Waals surface area contributed by atoms with Crippen LogP contribution >= 0.6 is 0 Å². The van der Waals surface area contributed by atoms with Gasteiger partial charge in [-0.05, 0) is 25.7 Å². The third-order valence-electron chi connectivity index (χ3n) is 4.85. The van der Waals surface area contributed by atoms with Gasteiger partial charge in [0, 0.05) is 24.0 Å². The molecule has 0 radical (unpaired) electrons. The zero-order valence-corrected chi connectivity index (χ0v) is 14.9. The summed E-state index contributed by atoms with van der Waals surface area (Å²) in [5.41, 5.74) is -2.11. The van der Waals surface area contributed by atoms with Gasteiger partial charge in [0.2, 0.25) is 0 Å². The molecule has 2 atom stereocenters. The molecular weight excluding hydrogens is 328 g/mol. The average molecular weight is 362 g/mol. The second-order valence-electron chi connectivity index (χ2n) is 6.46. The highest BCUT2D eigenvalue weighted by molar-refractivity contribution is 5.03. The summed E-state index contributed by atoms with van der Waals surface area (Å²) in [7, 11) is 0. The van der Waals surface area contributed by atoms with E-state index in [2.05, 4.69) is 13.2 Å². The van der Waals surface area contributed by atoms with Crippen LogP contribution in [-0.2, 0) is 4.74 Å². The molecule has 0 fully saturated rings.